The molecule has 0 bridgehead atoms. The minimum absolute atomic E-state index is 0.0978. The first-order valence-corrected chi connectivity index (χ1v) is 9.48. The Bertz CT molecular complexity index is 719. The van der Waals surface area contributed by atoms with Gasteiger partial charge in [-0.15, -0.1) is 0 Å². The normalized spacial score (nSPS) is 12.6. The fourth-order valence-corrected chi connectivity index (χ4v) is 4.02. The molecule has 0 radical (unpaired) electrons. The van der Waals surface area contributed by atoms with Gasteiger partial charge in [-0.1, -0.05) is 0 Å². The maximum atomic E-state index is 12.6. The minimum atomic E-state index is -3.88. The van der Waals surface area contributed by atoms with Crippen molar-refractivity contribution in [1.29, 1.82) is 5.41 Å². The highest BCUT2D eigenvalue weighted by Crippen LogP contribution is 2.30. The highest BCUT2D eigenvalue weighted by Gasteiger charge is 2.23. The number of aryl methyl sites for hydroxylation is 1. The molecule has 1 rings (SSSR count). The van der Waals surface area contributed by atoms with E-state index in [1.807, 2.05) is 0 Å². The molecule has 8 nitrogen and oxygen atoms in total. The summed E-state index contributed by atoms with van der Waals surface area (Å²) in [6, 6.07) is 1.37. The van der Waals surface area contributed by atoms with Crippen molar-refractivity contribution in [3.05, 3.63) is 22.8 Å². The summed E-state index contributed by atoms with van der Waals surface area (Å²) >= 11 is 0. The summed E-state index contributed by atoms with van der Waals surface area (Å²) in [5, 5.41) is 19.3. The van der Waals surface area contributed by atoms with E-state index in [9.17, 15) is 8.42 Å². The molecule has 1 aromatic carbocycles. The molecule has 6 N–H and O–H groups in total. The average molecular weight is 372 g/mol. The quantitative estimate of drug-likeness (QED) is 0.256. The lowest BCUT2D eigenvalue weighted by atomic mass is 10.1. The molecular formula is C16H28N4O4S. The van der Waals surface area contributed by atoms with Crippen molar-refractivity contribution in [1.82, 2.24) is 10.0 Å². The van der Waals surface area contributed by atoms with Crippen LogP contribution < -0.4 is 20.5 Å². The second-order valence-corrected chi connectivity index (χ2v) is 7.59. The van der Waals surface area contributed by atoms with Crippen LogP contribution in [-0.2, 0) is 10.0 Å². The second-order valence-electron chi connectivity index (χ2n) is 5.97. The van der Waals surface area contributed by atoms with Crippen LogP contribution in [0.15, 0.2) is 11.0 Å². The zero-order valence-corrected chi connectivity index (χ0v) is 16.0. The third-order valence-electron chi connectivity index (χ3n) is 3.99. The Labute approximate surface area is 149 Å². The summed E-state index contributed by atoms with van der Waals surface area (Å²) in [6.45, 7) is 5.48. The maximum Gasteiger partial charge on any atom is 0.264 e. The summed E-state index contributed by atoms with van der Waals surface area (Å²) in [7, 11) is -2.35. The van der Waals surface area contributed by atoms with Crippen molar-refractivity contribution < 1.29 is 18.3 Å². The molecule has 0 aliphatic rings. The smallest absolute Gasteiger partial charge is 0.264 e. The molecule has 0 aliphatic heterocycles. The Morgan fingerprint density at radius 3 is 2.56 bits per heavy atom. The third kappa shape index (κ3) is 5.58. The number of nitrogens with one attached hydrogen (secondary N) is 3. The van der Waals surface area contributed by atoms with Crippen molar-refractivity contribution >= 4 is 16.0 Å². The van der Waals surface area contributed by atoms with E-state index >= 15 is 0 Å². The van der Waals surface area contributed by atoms with E-state index in [1.165, 1.54) is 7.11 Å². The SMILES string of the molecule is COc1cc(C)c(S(=O)(=O)NC(=N)NCCC[C@H](N)CO)c(C)c1C. The van der Waals surface area contributed by atoms with Crippen LogP contribution in [0.4, 0.5) is 0 Å². The number of rotatable bonds is 8. The average Bonchev–Trinajstić information content (AvgIpc) is 2.53. The fourth-order valence-electron chi connectivity index (χ4n) is 2.54. The van der Waals surface area contributed by atoms with E-state index in [4.69, 9.17) is 21.0 Å². The van der Waals surface area contributed by atoms with Crippen LogP contribution in [-0.4, -0.2) is 45.8 Å². The highest BCUT2D eigenvalue weighted by atomic mass is 32.2. The van der Waals surface area contributed by atoms with E-state index in [1.54, 1.807) is 26.8 Å². The lowest BCUT2D eigenvalue weighted by molar-refractivity contribution is 0.258. The molecule has 0 saturated heterocycles. The van der Waals surface area contributed by atoms with Gasteiger partial charge in [0.1, 0.15) is 5.75 Å². The standard InChI is InChI=1S/C16H28N4O4S/c1-10-8-14(24-4)11(2)12(3)15(10)25(22,23)20-16(18)19-7-5-6-13(17)9-21/h8,13,21H,5-7,9,17H2,1-4H3,(H3,18,19,20)/t13-/m0/s1. The number of benzene rings is 1. The van der Waals surface area contributed by atoms with Crippen molar-refractivity contribution in [2.75, 3.05) is 20.3 Å². The van der Waals surface area contributed by atoms with E-state index in [0.717, 1.165) is 5.56 Å². The van der Waals surface area contributed by atoms with Gasteiger partial charge in [0, 0.05) is 12.6 Å². The molecule has 0 aliphatic carbocycles. The number of aliphatic hydroxyl groups is 1. The van der Waals surface area contributed by atoms with Gasteiger partial charge in [0.25, 0.3) is 10.0 Å². The Morgan fingerprint density at radius 1 is 1.36 bits per heavy atom. The van der Waals surface area contributed by atoms with E-state index < -0.39 is 10.0 Å². The van der Waals surface area contributed by atoms with Crippen molar-refractivity contribution in [3.8, 4) is 5.75 Å². The predicted molar refractivity (Wildman–Crippen MR) is 97.6 cm³/mol. The van der Waals surface area contributed by atoms with Gasteiger partial charge in [-0.05, 0) is 56.4 Å². The molecule has 0 amide bonds. The molecule has 0 heterocycles. The lowest BCUT2D eigenvalue weighted by Gasteiger charge is -2.18. The van der Waals surface area contributed by atoms with Crippen molar-refractivity contribution in [3.63, 3.8) is 0 Å². The van der Waals surface area contributed by atoms with Gasteiger partial charge in [0.15, 0.2) is 0 Å². The summed E-state index contributed by atoms with van der Waals surface area (Å²) in [6.07, 6.45) is 1.20. The number of hydrogen-bond acceptors (Lipinski definition) is 6. The number of nitrogens with two attached hydrogens (primary N) is 1. The second kappa shape index (κ2) is 9.02. The van der Waals surface area contributed by atoms with E-state index in [2.05, 4.69) is 10.0 Å². The molecule has 142 valence electrons. The molecule has 1 atom stereocenters. The van der Waals surface area contributed by atoms with Crippen LogP contribution in [0, 0.1) is 26.2 Å². The van der Waals surface area contributed by atoms with Crippen LogP contribution in [0.1, 0.15) is 29.5 Å². The Morgan fingerprint density at radius 2 is 2.00 bits per heavy atom. The van der Waals surface area contributed by atoms with Crippen molar-refractivity contribution in [2.45, 2.75) is 44.6 Å². The van der Waals surface area contributed by atoms with Gasteiger partial charge in [-0.2, -0.15) is 0 Å². The van der Waals surface area contributed by atoms with E-state index in [-0.39, 0.29) is 23.5 Å². The predicted octanol–water partition coefficient (Wildman–Crippen LogP) is 0.523. The van der Waals surface area contributed by atoms with Gasteiger partial charge >= 0.3 is 0 Å². The number of hydrogen-bond donors (Lipinski definition) is 5. The van der Waals surface area contributed by atoms with Crippen LogP contribution >= 0.6 is 0 Å². The van der Waals surface area contributed by atoms with Crippen LogP contribution in [0.25, 0.3) is 0 Å². The largest absolute Gasteiger partial charge is 0.496 e. The highest BCUT2D eigenvalue weighted by molar-refractivity contribution is 7.90. The van der Waals surface area contributed by atoms with Gasteiger partial charge in [0.2, 0.25) is 5.96 Å². The third-order valence-corrected chi connectivity index (χ3v) is 5.63. The first-order valence-electron chi connectivity index (χ1n) is 8.00. The molecule has 9 heteroatoms. The molecule has 0 spiro atoms. The van der Waals surface area contributed by atoms with Gasteiger partial charge in [0.05, 0.1) is 18.6 Å². The first kappa shape index (κ1) is 21.2. The van der Waals surface area contributed by atoms with E-state index in [0.29, 0.717) is 36.3 Å². The fraction of sp³-hybridized carbons (Fsp3) is 0.562. The molecular weight excluding hydrogens is 344 g/mol. The van der Waals surface area contributed by atoms with Gasteiger partial charge in [-0.3, -0.25) is 5.41 Å². The zero-order chi connectivity index (χ0) is 19.2. The number of methoxy groups -OCH3 is 1. The molecule has 0 aromatic heterocycles. The topological polar surface area (TPSA) is 138 Å². The summed E-state index contributed by atoms with van der Waals surface area (Å²) in [5.41, 5.74) is 7.47. The summed E-state index contributed by atoms with van der Waals surface area (Å²) < 4.78 is 32.8. The summed E-state index contributed by atoms with van der Waals surface area (Å²) in [5.74, 6) is 0.326. The molecule has 25 heavy (non-hydrogen) atoms. The number of sulfonamides is 1. The molecule has 1 aromatic rings. The summed E-state index contributed by atoms with van der Waals surface area (Å²) in [4.78, 5) is 0.152. The Kier molecular flexibility index (Phi) is 7.65. The van der Waals surface area contributed by atoms with Crippen LogP contribution in [0.2, 0.25) is 0 Å². The monoisotopic (exact) mass is 372 g/mol. The van der Waals surface area contributed by atoms with Crippen LogP contribution in [0.3, 0.4) is 0 Å². The van der Waals surface area contributed by atoms with Crippen LogP contribution in [0.5, 0.6) is 5.75 Å². The van der Waals surface area contributed by atoms with Gasteiger partial charge < -0.3 is 20.9 Å². The number of ether oxygens (including phenoxy) is 1. The first-order chi connectivity index (χ1) is 11.6. The lowest BCUT2D eigenvalue weighted by Crippen LogP contribution is -2.41. The maximum absolute atomic E-state index is 12.6. The van der Waals surface area contributed by atoms with Crippen molar-refractivity contribution in [2.24, 2.45) is 5.73 Å². The molecule has 0 unspecified atom stereocenters. The Hall–Kier alpha value is -1.84. The number of aliphatic hydroxyl groups excluding tert-OH is 1. The molecule has 0 saturated carbocycles. The zero-order valence-electron chi connectivity index (χ0n) is 15.1. The number of guanidine groups is 1. The molecule has 0 fully saturated rings. The van der Waals surface area contributed by atoms with Gasteiger partial charge in [-0.25, -0.2) is 13.1 Å². The Balaban J connectivity index is 2.82. The minimum Gasteiger partial charge on any atom is -0.496 e.